The summed E-state index contributed by atoms with van der Waals surface area (Å²) in [4.78, 5) is 21.5. The molecule has 0 aliphatic heterocycles. The summed E-state index contributed by atoms with van der Waals surface area (Å²) in [5.41, 5.74) is 0. The van der Waals surface area contributed by atoms with Gasteiger partial charge in [0.1, 0.15) is 0 Å². The third-order valence-electron chi connectivity index (χ3n) is 2.81. The first kappa shape index (κ1) is 13.0. The van der Waals surface area contributed by atoms with E-state index in [2.05, 4.69) is 5.32 Å². The van der Waals surface area contributed by atoms with Crippen molar-refractivity contribution >= 4 is 11.9 Å². The average molecular weight is 227 g/mol. The summed E-state index contributed by atoms with van der Waals surface area (Å²) < 4.78 is 0. The van der Waals surface area contributed by atoms with Crippen molar-refractivity contribution in [3.05, 3.63) is 0 Å². The van der Waals surface area contributed by atoms with Gasteiger partial charge in [0.15, 0.2) is 0 Å². The van der Waals surface area contributed by atoms with Crippen molar-refractivity contribution in [2.45, 2.75) is 51.4 Å². The van der Waals surface area contributed by atoms with E-state index in [1.807, 2.05) is 0 Å². The van der Waals surface area contributed by atoms with Crippen LogP contribution in [0.15, 0.2) is 0 Å². The van der Waals surface area contributed by atoms with Gasteiger partial charge in [-0.05, 0) is 31.6 Å². The number of hydrogen-bond acceptors (Lipinski definition) is 2. The molecule has 0 heterocycles. The molecule has 92 valence electrons. The molecule has 1 fully saturated rings. The van der Waals surface area contributed by atoms with Gasteiger partial charge < -0.3 is 10.4 Å². The third kappa shape index (κ3) is 7.26. The molecule has 0 atom stereocenters. The lowest BCUT2D eigenvalue weighted by Gasteiger charge is -2.04. The number of amides is 1. The molecule has 1 rings (SSSR count). The summed E-state index contributed by atoms with van der Waals surface area (Å²) in [6.45, 7) is 0.735. The largest absolute Gasteiger partial charge is 0.481 e. The van der Waals surface area contributed by atoms with E-state index in [9.17, 15) is 9.59 Å². The second-order valence-electron chi connectivity index (χ2n) is 4.56. The third-order valence-corrected chi connectivity index (χ3v) is 2.81. The molecule has 0 saturated heterocycles. The molecule has 16 heavy (non-hydrogen) atoms. The van der Waals surface area contributed by atoms with Gasteiger partial charge in [0.25, 0.3) is 0 Å². The zero-order chi connectivity index (χ0) is 11.8. The molecular formula is C12H21NO3. The lowest BCUT2D eigenvalue weighted by atomic mass is 10.1. The first-order valence-electron chi connectivity index (χ1n) is 6.17. The van der Waals surface area contributed by atoms with E-state index in [-0.39, 0.29) is 12.3 Å². The predicted molar refractivity (Wildman–Crippen MR) is 61.1 cm³/mol. The topological polar surface area (TPSA) is 66.4 Å². The van der Waals surface area contributed by atoms with Crippen molar-refractivity contribution in [3.8, 4) is 0 Å². The van der Waals surface area contributed by atoms with E-state index in [0.717, 1.165) is 32.2 Å². The predicted octanol–water partition coefficient (Wildman–Crippen LogP) is 1.94. The molecule has 0 unspecified atom stereocenters. The maximum absolute atomic E-state index is 11.3. The molecular weight excluding hydrogens is 206 g/mol. The van der Waals surface area contributed by atoms with Crippen LogP contribution in [0.5, 0.6) is 0 Å². The number of unbranched alkanes of at least 4 members (excludes halogenated alkanes) is 3. The van der Waals surface area contributed by atoms with Gasteiger partial charge in [-0.15, -0.1) is 0 Å². The Morgan fingerprint density at radius 2 is 1.81 bits per heavy atom. The highest BCUT2D eigenvalue weighted by Crippen LogP contribution is 2.31. The summed E-state index contributed by atoms with van der Waals surface area (Å²) in [5.74, 6) is 0.0985. The van der Waals surface area contributed by atoms with E-state index in [1.165, 1.54) is 12.8 Å². The standard InChI is InChI=1S/C12H21NO3/c14-11(9-10-6-7-10)13-8-4-2-1-3-5-12(15)16/h10H,1-9H2,(H,13,14)(H,15,16). The molecule has 1 aliphatic carbocycles. The summed E-state index contributed by atoms with van der Waals surface area (Å²) in [6, 6.07) is 0. The van der Waals surface area contributed by atoms with Gasteiger partial charge >= 0.3 is 5.97 Å². The van der Waals surface area contributed by atoms with Gasteiger partial charge in [-0.3, -0.25) is 9.59 Å². The molecule has 0 aromatic carbocycles. The fourth-order valence-corrected chi connectivity index (χ4v) is 1.64. The lowest BCUT2D eigenvalue weighted by molar-refractivity contribution is -0.137. The van der Waals surface area contributed by atoms with Crippen LogP contribution in [0.3, 0.4) is 0 Å². The zero-order valence-electron chi connectivity index (χ0n) is 9.71. The molecule has 0 bridgehead atoms. The number of nitrogens with one attached hydrogen (secondary N) is 1. The summed E-state index contributed by atoms with van der Waals surface area (Å²) in [5, 5.41) is 11.3. The van der Waals surface area contributed by atoms with Gasteiger partial charge in [-0.1, -0.05) is 12.8 Å². The van der Waals surface area contributed by atoms with Crippen molar-refractivity contribution in [3.63, 3.8) is 0 Å². The van der Waals surface area contributed by atoms with E-state index < -0.39 is 5.97 Å². The van der Waals surface area contributed by atoms with Crippen LogP contribution in [-0.2, 0) is 9.59 Å². The van der Waals surface area contributed by atoms with Crippen LogP contribution < -0.4 is 5.32 Å². The van der Waals surface area contributed by atoms with E-state index in [0.29, 0.717) is 12.3 Å². The van der Waals surface area contributed by atoms with Crippen LogP contribution in [0.1, 0.15) is 51.4 Å². The van der Waals surface area contributed by atoms with Crippen LogP contribution >= 0.6 is 0 Å². The van der Waals surface area contributed by atoms with Crippen molar-refractivity contribution in [2.75, 3.05) is 6.54 Å². The Bertz CT molecular complexity index is 236. The van der Waals surface area contributed by atoms with Crippen LogP contribution in [0.2, 0.25) is 0 Å². The molecule has 4 heteroatoms. The second-order valence-corrected chi connectivity index (χ2v) is 4.56. The molecule has 1 saturated carbocycles. The number of carbonyl (C=O) groups excluding carboxylic acids is 1. The molecule has 0 spiro atoms. The molecule has 1 aliphatic rings. The number of hydrogen-bond donors (Lipinski definition) is 2. The molecule has 2 N–H and O–H groups in total. The Labute approximate surface area is 96.4 Å². The summed E-state index contributed by atoms with van der Waals surface area (Å²) in [7, 11) is 0. The molecule has 0 radical (unpaired) electrons. The normalized spacial score (nSPS) is 14.8. The van der Waals surface area contributed by atoms with Crippen molar-refractivity contribution in [1.29, 1.82) is 0 Å². The summed E-state index contributed by atoms with van der Waals surface area (Å²) >= 11 is 0. The second kappa shape index (κ2) is 7.25. The number of aliphatic carboxylic acids is 1. The van der Waals surface area contributed by atoms with E-state index in [1.54, 1.807) is 0 Å². The van der Waals surface area contributed by atoms with Crippen LogP contribution in [0, 0.1) is 5.92 Å². The fourth-order valence-electron chi connectivity index (χ4n) is 1.64. The number of carboxylic acids is 1. The van der Waals surface area contributed by atoms with Gasteiger partial charge in [0.2, 0.25) is 5.91 Å². The first-order valence-corrected chi connectivity index (χ1v) is 6.17. The van der Waals surface area contributed by atoms with Crippen molar-refractivity contribution < 1.29 is 14.7 Å². The Hall–Kier alpha value is -1.06. The molecule has 0 aromatic heterocycles. The van der Waals surface area contributed by atoms with Crippen LogP contribution in [0.25, 0.3) is 0 Å². The summed E-state index contributed by atoms with van der Waals surface area (Å²) in [6.07, 6.45) is 7.00. The lowest BCUT2D eigenvalue weighted by Crippen LogP contribution is -2.24. The quantitative estimate of drug-likeness (QED) is 0.591. The fraction of sp³-hybridized carbons (Fsp3) is 0.833. The SMILES string of the molecule is O=C(O)CCCCCCNC(=O)CC1CC1. The van der Waals surface area contributed by atoms with E-state index >= 15 is 0 Å². The minimum absolute atomic E-state index is 0.174. The van der Waals surface area contributed by atoms with Crippen LogP contribution in [0.4, 0.5) is 0 Å². The highest BCUT2D eigenvalue weighted by atomic mass is 16.4. The first-order chi connectivity index (χ1) is 7.68. The average Bonchev–Trinajstić information content (AvgIpc) is 2.99. The van der Waals surface area contributed by atoms with Crippen molar-refractivity contribution in [1.82, 2.24) is 5.32 Å². The Kier molecular flexibility index (Phi) is 5.90. The highest BCUT2D eigenvalue weighted by Gasteiger charge is 2.23. The minimum Gasteiger partial charge on any atom is -0.481 e. The van der Waals surface area contributed by atoms with Crippen LogP contribution in [-0.4, -0.2) is 23.5 Å². The monoisotopic (exact) mass is 227 g/mol. The van der Waals surface area contributed by atoms with Gasteiger partial charge in [-0.2, -0.15) is 0 Å². The van der Waals surface area contributed by atoms with Gasteiger partial charge in [0.05, 0.1) is 0 Å². The smallest absolute Gasteiger partial charge is 0.303 e. The van der Waals surface area contributed by atoms with Gasteiger partial charge in [0, 0.05) is 19.4 Å². The molecule has 4 nitrogen and oxygen atoms in total. The Balaban J connectivity index is 1.80. The number of carboxylic acid groups (broad SMARTS) is 1. The maximum atomic E-state index is 11.3. The number of carbonyl (C=O) groups is 2. The maximum Gasteiger partial charge on any atom is 0.303 e. The Morgan fingerprint density at radius 3 is 2.44 bits per heavy atom. The highest BCUT2D eigenvalue weighted by molar-refractivity contribution is 5.76. The van der Waals surface area contributed by atoms with Gasteiger partial charge in [-0.25, -0.2) is 0 Å². The van der Waals surface area contributed by atoms with E-state index in [4.69, 9.17) is 5.11 Å². The van der Waals surface area contributed by atoms with Crippen molar-refractivity contribution in [2.24, 2.45) is 5.92 Å². The minimum atomic E-state index is -0.724. The Morgan fingerprint density at radius 1 is 1.12 bits per heavy atom. The zero-order valence-corrected chi connectivity index (χ0v) is 9.71. The molecule has 0 aromatic rings. The number of rotatable bonds is 9. The molecule has 1 amide bonds.